The maximum Gasteiger partial charge on any atom is 0.0976 e. The topological polar surface area (TPSA) is 73.2 Å². The molecule has 0 unspecified atom stereocenters. The van der Waals surface area contributed by atoms with Gasteiger partial charge in [-0.15, -0.1) is 0 Å². The van der Waals surface area contributed by atoms with Gasteiger partial charge < -0.3 is 20.1 Å². The minimum Gasteiger partial charge on any atom is -0.393 e. The van der Waals surface area contributed by atoms with E-state index in [0.717, 1.165) is 25.7 Å². The summed E-state index contributed by atoms with van der Waals surface area (Å²) in [6.45, 7) is 6.30. The van der Waals surface area contributed by atoms with Crippen LogP contribution in [0.25, 0.3) is 0 Å². The van der Waals surface area contributed by atoms with Crippen molar-refractivity contribution in [1.29, 1.82) is 0 Å². The lowest BCUT2D eigenvalue weighted by molar-refractivity contribution is -0.191. The molecule has 3 aliphatic rings. The van der Waals surface area contributed by atoms with Crippen molar-refractivity contribution < 1.29 is 20.1 Å². The maximum atomic E-state index is 10.8. The van der Waals surface area contributed by atoms with E-state index >= 15 is 0 Å². The summed E-state index contributed by atoms with van der Waals surface area (Å²) in [5.74, 6) is -0.203. The van der Waals surface area contributed by atoms with E-state index in [2.05, 4.69) is 6.92 Å². The largest absolute Gasteiger partial charge is 0.393 e. The first-order valence-corrected chi connectivity index (χ1v) is 7.43. The van der Waals surface area contributed by atoms with Crippen molar-refractivity contribution in [2.75, 3.05) is 6.61 Å². The zero-order valence-corrected chi connectivity index (χ0v) is 12.1. The summed E-state index contributed by atoms with van der Waals surface area (Å²) in [6, 6.07) is 0. The van der Waals surface area contributed by atoms with Crippen molar-refractivity contribution in [3.63, 3.8) is 0 Å². The van der Waals surface area contributed by atoms with Crippen LogP contribution in [0.2, 0.25) is 0 Å². The normalized spacial score (nSPS) is 54.0. The van der Waals surface area contributed by atoms with E-state index in [1.54, 1.807) is 13.8 Å². The number of aliphatic hydroxyl groups excluding tert-OH is 2. The molecule has 0 amide bonds. The highest BCUT2D eigenvalue weighted by Crippen LogP contribution is 2.61. The van der Waals surface area contributed by atoms with Crippen LogP contribution < -0.4 is 0 Å². The van der Waals surface area contributed by atoms with Gasteiger partial charge in [-0.2, -0.15) is 0 Å². The number of rotatable bonds is 1. The van der Waals surface area contributed by atoms with Gasteiger partial charge in [0.15, 0.2) is 0 Å². The molecule has 3 fully saturated rings. The second-order valence-corrected chi connectivity index (χ2v) is 7.68. The predicted molar refractivity (Wildman–Crippen MR) is 70.5 cm³/mol. The molecule has 6 atom stereocenters. The summed E-state index contributed by atoms with van der Waals surface area (Å²) in [5, 5.41) is 31.5. The number of ether oxygens (including phenoxy) is 1. The molecule has 0 bridgehead atoms. The highest BCUT2D eigenvalue weighted by molar-refractivity contribution is 5.16. The van der Waals surface area contributed by atoms with Gasteiger partial charge in [0.25, 0.3) is 0 Å². The Labute approximate surface area is 114 Å². The van der Waals surface area contributed by atoms with Crippen LogP contribution in [-0.2, 0) is 4.74 Å². The van der Waals surface area contributed by atoms with E-state index in [-0.39, 0.29) is 29.0 Å². The Morgan fingerprint density at radius 2 is 1.79 bits per heavy atom. The fourth-order valence-corrected chi connectivity index (χ4v) is 4.76. The molecule has 0 aromatic heterocycles. The fraction of sp³-hybridized carbons (Fsp3) is 1.00. The Hall–Kier alpha value is -0.160. The van der Waals surface area contributed by atoms with Gasteiger partial charge in [0.1, 0.15) is 0 Å². The standard InChI is InChI=1S/C15H26O4/c1-13(2,18)9-4-6-14(3)10(16)5-7-15(8-19-15)12(14)11(9)17/h9-12,16-18H,4-8H2,1-3H3/t9-,10-,11+,12-,14+,15+/m1/s1. The summed E-state index contributed by atoms with van der Waals surface area (Å²) in [7, 11) is 0. The lowest BCUT2D eigenvalue weighted by Crippen LogP contribution is -2.62. The molecule has 2 aliphatic carbocycles. The van der Waals surface area contributed by atoms with Crippen LogP contribution in [0, 0.1) is 17.3 Å². The van der Waals surface area contributed by atoms with Gasteiger partial charge in [-0.3, -0.25) is 0 Å². The van der Waals surface area contributed by atoms with Crippen molar-refractivity contribution >= 4 is 0 Å². The molecule has 4 heteroatoms. The quantitative estimate of drug-likeness (QED) is 0.623. The highest BCUT2D eigenvalue weighted by Gasteiger charge is 2.67. The molecular weight excluding hydrogens is 244 g/mol. The SMILES string of the molecule is CC(C)(O)[C@@H]1CC[C@@]2(C)[C@H](O)CC[C@]3(CO3)[C@@H]2[C@H]1O. The van der Waals surface area contributed by atoms with Gasteiger partial charge in [-0.05, 0) is 39.5 Å². The maximum absolute atomic E-state index is 10.8. The molecule has 4 nitrogen and oxygen atoms in total. The van der Waals surface area contributed by atoms with Gasteiger partial charge in [-0.1, -0.05) is 6.92 Å². The van der Waals surface area contributed by atoms with Crippen LogP contribution in [-0.4, -0.2) is 45.3 Å². The third-order valence-corrected chi connectivity index (χ3v) is 6.05. The molecule has 0 radical (unpaired) electrons. The molecule has 1 spiro atoms. The number of hydrogen-bond donors (Lipinski definition) is 3. The monoisotopic (exact) mass is 270 g/mol. The van der Waals surface area contributed by atoms with Crippen LogP contribution in [0.4, 0.5) is 0 Å². The predicted octanol–water partition coefficient (Wildman–Crippen LogP) is 1.07. The molecule has 3 rings (SSSR count). The molecule has 110 valence electrons. The van der Waals surface area contributed by atoms with Crippen molar-refractivity contribution in [3.05, 3.63) is 0 Å². The number of fused-ring (bicyclic) bond motifs is 2. The van der Waals surface area contributed by atoms with Gasteiger partial charge in [0.05, 0.1) is 30.0 Å². The number of epoxide rings is 1. The second kappa shape index (κ2) is 3.94. The summed E-state index contributed by atoms with van der Waals surface area (Å²) in [6.07, 6.45) is 2.21. The van der Waals surface area contributed by atoms with Crippen LogP contribution in [0.1, 0.15) is 46.5 Å². The zero-order valence-electron chi connectivity index (χ0n) is 12.1. The van der Waals surface area contributed by atoms with E-state index < -0.39 is 11.7 Å². The minimum atomic E-state index is -0.890. The molecule has 1 heterocycles. The van der Waals surface area contributed by atoms with Crippen molar-refractivity contribution in [3.8, 4) is 0 Å². The lowest BCUT2D eigenvalue weighted by atomic mass is 9.51. The molecule has 1 saturated heterocycles. The first-order chi connectivity index (χ1) is 8.71. The number of aliphatic hydroxyl groups is 3. The summed E-state index contributed by atoms with van der Waals surface area (Å²) in [4.78, 5) is 0. The van der Waals surface area contributed by atoms with E-state index in [0.29, 0.717) is 6.61 Å². The van der Waals surface area contributed by atoms with E-state index in [9.17, 15) is 15.3 Å². The van der Waals surface area contributed by atoms with E-state index in [1.807, 2.05) is 0 Å². The smallest absolute Gasteiger partial charge is 0.0976 e. The van der Waals surface area contributed by atoms with Gasteiger partial charge in [-0.25, -0.2) is 0 Å². The lowest BCUT2D eigenvalue weighted by Gasteiger charge is -2.56. The minimum absolute atomic E-state index is 0.0612. The molecule has 2 saturated carbocycles. The van der Waals surface area contributed by atoms with Gasteiger partial charge in [0.2, 0.25) is 0 Å². The Bertz CT molecular complexity index is 371. The molecular formula is C15H26O4. The van der Waals surface area contributed by atoms with Gasteiger partial charge >= 0.3 is 0 Å². The molecule has 0 aromatic rings. The Morgan fingerprint density at radius 3 is 2.32 bits per heavy atom. The highest BCUT2D eigenvalue weighted by atomic mass is 16.6. The summed E-state index contributed by atoms with van der Waals surface area (Å²) >= 11 is 0. The van der Waals surface area contributed by atoms with Crippen molar-refractivity contribution in [2.24, 2.45) is 17.3 Å². The van der Waals surface area contributed by atoms with Gasteiger partial charge in [0, 0.05) is 17.3 Å². The average Bonchev–Trinajstić information content (AvgIpc) is 3.03. The molecule has 0 aromatic carbocycles. The first kappa shape index (κ1) is 13.8. The molecule has 1 aliphatic heterocycles. The number of hydrogen-bond acceptors (Lipinski definition) is 4. The zero-order chi connectivity index (χ0) is 14.1. The third kappa shape index (κ3) is 1.88. The van der Waals surface area contributed by atoms with E-state index in [1.165, 1.54) is 0 Å². The fourth-order valence-electron chi connectivity index (χ4n) is 4.76. The molecule has 3 N–H and O–H groups in total. The average molecular weight is 270 g/mol. The second-order valence-electron chi connectivity index (χ2n) is 7.68. The Balaban J connectivity index is 1.95. The third-order valence-electron chi connectivity index (χ3n) is 6.05. The Morgan fingerprint density at radius 1 is 1.16 bits per heavy atom. The Kier molecular flexibility index (Phi) is 2.86. The molecule has 19 heavy (non-hydrogen) atoms. The van der Waals surface area contributed by atoms with Crippen LogP contribution >= 0.6 is 0 Å². The van der Waals surface area contributed by atoms with Crippen LogP contribution in [0.5, 0.6) is 0 Å². The van der Waals surface area contributed by atoms with Crippen LogP contribution in [0.15, 0.2) is 0 Å². The van der Waals surface area contributed by atoms with E-state index in [4.69, 9.17) is 4.74 Å². The summed E-state index contributed by atoms with van der Waals surface area (Å²) < 4.78 is 5.70. The first-order valence-electron chi connectivity index (χ1n) is 7.43. The van der Waals surface area contributed by atoms with Crippen molar-refractivity contribution in [2.45, 2.75) is 69.9 Å². The summed E-state index contributed by atoms with van der Waals surface area (Å²) in [5.41, 5.74) is -1.41. The van der Waals surface area contributed by atoms with Crippen molar-refractivity contribution in [1.82, 2.24) is 0 Å². The van der Waals surface area contributed by atoms with Crippen LogP contribution in [0.3, 0.4) is 0 Å².